The van der Waals surface area contributed by atoms with Crippen molar-refractivity contribution in [3.63, 3.8) is 0 Å². The van der Waals surface area contributed by atoms with E-state index in [1.54, 1.807) is 11.3 Å². The fourth-order valence-electron chi connectivity index (χ4n) is 2.08. The molecule has 0 amide bonds. The highest BCUT2D eigenvalue weighted by molar-refractivity contribution is 7.13. The molecule has 5 heteroatoms. The lowest BCUT2D eigenvalue weighted by Crippen LogP contribution is -2.37. The molecule has 1 aliphatic rings. The standard InChI is InChI=1S/C12H21N3OS/c1-3-16-10-4-6-15(7-5-10)12-14-11(8-17-12)9(2)13/h8-10H,3-7,13H2,1-2H3. The Balaban J connectivity index is 1.91. The first-order chi connectivity index (χ1) is 8.20. The van der Waals surface area contributed by atoms with E-state index in [1.165, 1.54) is 0 Å². The van der Waals surface area contributed by atoms with Gasteiger partial charge in [0.05, 0.1) is 11.8 Å². The Morgan fingerprint density at radius 3 is 2.82 bits per heavy atom. The number of hydrogen-bond acceptors (Lipinski definition) is 5. The van der Waals surface area contributed by atoms with Crippen LogP contribution in [-0.4, -0.2) is 30.8 Å². The average Bonchev–Trinajstić information content (AvgIpc) is 2.80. The third-order valence-electron chi connectivity index (χ3n) is 3.09. The summed E-state index contributed by atoms with van der Waals surface area (Å²) in [6, 6.07) is 0.0287. The zero-order valence-electron chi connectivity index (χ0n) is 10.6. The Kier molecular flexibility index (Phi) is 4.36. The van der Waals surface area contributed by atoms with Gasteiger partial charge in [0.15, 0.2) is 5.13 Å². The lowest BCUT2D eigenvalue weighted by molar-refractivity contribution is 0.0459. The maximum atomic E-state index is 5.82. The second-order valence-corrected chi connectivity index (χ2v) is 5.32. The second-order valence-electron chi connectivity index (χ2n) is 4.49. The van der Waals surface area contributed by atoms with Crippen LogP contribution in [0.5, 0.6) is 0 Å². The lowest BCUT2D eigenvalue weighted by Gasteiger charge is -2.31. The number of piperidine rings is 1. The number of anilines is 1. The van der Waals surface area contributed by atoms with Crippen molar-refractivity contribution in [1.82, 2.24) is 4.98 Å². The number of nitrogens with two attached hydrogens (primary N) is 1. The Hall–Kier alpha value is -0.650. The molecule has 1 aliphatic heterocycles. The van der Waals surface area contributed by atoms with Crippen LogP contribution in [0.2, 0.25) is 0 Å². The predicted molar refractivity (Wildman–Crippen MR) is 71.6 cm³/mol. The van der Waals surface area contributed by atoms with Crippen LogP contribution in [0.3, 0.4) is 0 Å². The zero-order valence-corrected chi connectivity index (χ0v) is 11.4. The van der Waals surface area contributed by atoms with Crippen LogP contribution in [0.4, 0.5) is 5.13 Å². The zero-order chi connectivity index (χ0) is 12.3. The molecule has 1 aromatic rings. The molecular formula is C12H21N3OS. The molecular weight excluding hydrogens is 234 g/mol. The fraction of sp³-hybridized carbons (Fsp3) is 0.750. The van der Waals surface area contributed by atoms with Gasteiger partial charge in [0.25, 0.3) is 0 Å². The predicted octanol–water partition coefficient (Wildman–Crippen LogP) is 2.17. The van der Waals surface area contributed by atoms with E-state index in [2.05, 4.69) is 22.2 Å². The molecule has 1 unspecified atom stereocenters. The van der Waals surface area contributed by atoms with Crippen molar-refractivity contribution in [3.05, 3.63) is 11.1 Å². The second kappa shape index (κ2) is 5.80. The van der Waals surface area contributed by atoms with Gasteiger partial charge < -0.3 is 15.4 Å². The van der Waals surface area contributed by atoms with Crippen molar-refractivity contribution in [2.45, 2.75) is 38.8 Å². The Morgan fingerprint density at radius 1 is 1.59 bits per heavy atom. The van der Waals surface area contributed by atoms with E-state index in [4.69, 9.17) is 10.5 Å². The van der Waals surface area contributed by atoms with Crippen molar-refractivity contribution in [2.75, 3.05) is 24.6 Å². The maximum absolute atomic E-state index is 5.82. The summed E-state index contributed by atoms with van der Waals surface area (Å²) in [5.74, 6) is 0. The van der Waals surface area contributed by atoms with E-state index in [9.17, 15) is 0 Å². The summed E-state index contributed by atoms with van der Waals surface area (Å²) in [5, 5.41) is 3.17. The highest BCUT2D eigenvalue weighted by Crippen LogP contribution is 2.26. The fourth-order valence-corrected chi connectivity index (χ4v) is 3.06. The molecule has 1 aromatic heterocycles. The van der Waals surface area contributed by atoms with E-state index < -0.39 is 0 Å². The molecule has 1 saturated heterocycles. The number of aromatic nitrogens is 1. The first-order valence-corrected chi connectivity index (χ1v) is 7.16. The molecule has 2 rings (SSSR count). The van der Waals surface area contributed by atoms with Crippen LogP contribution in [0, 0.1) is 0 Å². The molecule has 0 spiro atoms. The Bertz CT molecular complexity index is 345. The summed E-state index contributed by atoms with van der Waals surface area (Å²) in [5.41, 5.74) is 6.82. The van der Waals surface area contributed by atoms with Crippen molar-refractivity contribution < 1.29 is 4.74 Å². The van der Waals surface area contributed by atoms with Gasteiger partial charge in [-0.1, -0.05) is 0 Å². The average molecular weight is 255 g/mol. The molecule has 4 nitrogen and oxygen atoms in total. The van der Waals surface area contributed by atoms with Gasteiger partial charge in [0.1, 0.15) is 0 Å². The monoisotopic (exact) mass is 255 g/mol. The normalized spacial score (nSPS) is 19.6. The summed E-state index contributed by atoms with van der Waals surface area (Å²) in [6.07, 6.45) is 2.63. The molecule has 0 bridgehead atoms. The molecule has 0 aliphatic carbocycles. The summed E-state index contributed by atoms with van der Waals surface area (Å²) >= 11 is 1.69. The van der Waals surface area contributed by atoms with Gasteiger partial charge in [-0.2, -0.15) is 0 Å². The number of ether oxygens (including phenoxy) is 1. The Labute approximate surface area is 107 Å². The quantitative estimate of drug-likeness (QED) is 0.896. The van der Waals surface area contributed by atoms with Crippen LogP contribution in [0.25, 0.3) is 0 Å². The minimum Gasteiger partial charge on any atom is -0.378 e. The van der Waals surface area contributed by atoms with Crippen molar-refractivity contribution in [1.29, 1.82) is 0 Å². The van der Waals surface area contributed by atoms with E-state index in [0.717, 1.165) is 43.4 Å². The summed E-state index contributed by atoms with van der Waals surface area (Å²) in [6.45, 7) is 6.92. The first kappa shape index (κ1) is 12.8. The van der Waals surface area contributed by atoms with Crippen molar-refractivity contribution in [3.8, 4) is 0 Å². The van der Waals surface area contributed by atoms with Crippen LogP contribution in [0.15, 0.2) is 5.38 Å². The summed E-state index contributed by atoms with van der Waals surface area (Å²) in [7, 11) is 0. The highest BCUT2D eigenvalue weighted by atomic mass is 32.1. The smallest absolute Gasteiger partial charge is 0.185 e. The van der Waals surface area contributed by atoms with E-state index in [-0.39, 0.29) is 6.04 Å². The molecule has 96 valence electrons. The third kappa shape index (κ3) is 3.18. The van der Waals surface area contributed by atoms with Gasteiger partial charge in [-0.25, -0.2) is 4.98 Å². The van der Waals surface area contributed by atoms with Crippen molar-refractivity contribution >= 4 is 16.5 Å². The molecule has 1 fully saturated rings. The minimum atomic E-state index is 0.0287. The van der Waals surface area contributed by atoms with E-state index in [1.807, 2.05) is 6.92 Å². The van der Waals surface area contributed by atoms with Gasteiger partial charge in [-0.15, -0.1) is 11.3 Å². The summed E-state index contributed by atoms with van der Waals surface area (Å²) in [4.78, 5) is 6.92. The molecule has 0 saturated carbocycles. The van der Waals surface area contributed by atoms with E-state index in [0.29, 0.717) is 6.10 Å². The van der Waals surface area contributed by atoms with Crippen LogP contribution < -0.4 is 10.6 Å². The maximum Gasteiger partial charge on any atom is 0.185 e. The highest BCUT2D eigenvalue weighted by Gasteiger charge is 2.21. The summed E-state index contributed by atoms with van der Waals surface area (Å²) < 4.78 is 5.65. The van der Waals surface area contributed by atoms with Gasteiger partial charge in [0, 0.05) is 31.1 Å². The molecule has 2 N–H and O–H groups in total. The minimum absolute atomic E-state index is 0.0287. The lowest BCUT2D eigenvalue weighted by atomic mass is 10.1. The Morgan fingerprint density at radius 2 is 2.29 bits per heavy atom. The molecule has 0 radical (unpaired) electrons. The number of thiazole rings is 1. The van der Waals surface area contributed by atoms with Crippen molar-refractivity contribution in [2.24, 2.45) is 5.73 Å². The van der Waals surface area contributed by atoms with Crippen LogP contribution in [-0.2, 0) is 4.74 Å². The van der Waals surface area contributed by atoms with Gasteiger partial charge >= 0.3 is 0 Å². The first-order valence-electron chi connectivity index (χ1n) is 6.28. The molecule has 0 aromatic carbocycles. The molecule has 1 atom stereocenters. The van der Waals surface area contributed by atoms with Crippen LogP contribution >= 0.6 is 11.3 Å². The third-order valence-corrected chi connectivity index (χ3v) is 4.01. The number of hydrogen-bond donors (Lipinski definition) is 1. The number of rotatable bonds is 4. The topological polar surface area (TPSA) is 51.4 Å². The van der Waals surface area contributed by atoms with Gasteiger partial charge in [-0.3, -0.25) is 0 Å². The molecule has 17 heavy (non-hydrogen) atoms. The molecule has 2 heterocycles. The van der Waals surface area contributed by atoms with Crippen LogP contribution in [0.1, 0.15) is 38.4 Å². The largest absolute Gasteiger partial charge is 0.378 e. The SMILES string of the molecule is CCOC1CCN(c2nc(C(C)N)cs2)CC1. The van der Waals surface area contributed by atoms with Gasteiger partial charge in [-0.05, 0) is 26.7 Å². The van der Waals surface area contributed by atoms with E-state index >= 15 is 0 Å². The van der Waals surface area contributed by atoms with Gasteiger partial charge in [0.2, 0.25) is 0 Å². The number of nitrogens with zero attached hydrogens (tertiary/aromatic N) is 2.